The lowest BCUT2D eigenvalue weighted by molar-refractivity contribution is 0.0940. The molecule has 0 fully saturated rings. The van der Waals surface area contributed by atoms with E-state index in [-0.39, 0.29) is 11.9 Å². The van der Waals surface area contributed by atoms with Gasteiger partial charge < -0.3 is 5.32 Å². The molecule has 0 aromatic heterocycles. The highest BCUT2D eigenvalue weighted by molar-refractivity contribution is 6.30. The molecule has 0 radical (unpaired) electrons. The molecule has 1 amide bonds. The Morgan fingerprint density at radius 2 is 1.77 bits per heavy atom. The Kier molecular flexibility index (Phi) is 5.62. The van der Waals surface area contributed by atoms with Crippen molar-refractivity contribution in [3.63, 3.8) is 0 Å². The van der Waals surface area contributed by atoms with Crippen molar-refractivity contribution in [3.8, 4) is 0 Å². The molecule has 22 heavy (non-hydrogen) atoms. The third-order valence-corrected chi connectivity index (χ3v) is 3.79. The zero-order chi connectivity index (χ0) is 16.1. The van der Waals surface area contributed by atoms with Crippen molar-refractivity contribution in [2.24, 2.45) is 5.92 Å². The Morgan fingerprint density at radius 3 is 2.36 bits per heavy atom. The minimum Gasteiger partial charge on any atom is -0.346 e. The fourth-order valence-electron chi connectivity index (χ4n) is 2.41. The lowest BCUT2D eigenvalue weighted by atomic mass is 10.00. The highest BCUT2D eigenvalue weighted by atomic mass is 35.5. The number of rotatable bonds is 5. The topological polar surface area (TPSA) is 29.1 Å². The van der Waals surface area contributed by atoms with E-state index in [1.165, 1.54) is 5.56 Å². The highest BCUT2D eigenvalue weighted by Gasteiger charge is 2.11. The van der Waals surface area contributed by atoms with Crippen LogP contribution in [0.15, 0.2) is 48.5 Å². The first-order valence-electron chi connectivity index (χ1n) is 7.61. The summed E-state index contributed by atoms with van der Waals surface area (Å²) < 4.78 is 0. The van der Waals surface area contributed by atoms with Gasteiger partial charge in [-0.25, -0.2) is 0 Å². The zero-order valence-corrected chi connectivity index (χ0v) is 14.0. The van der Waals surface area contributed by atoms with Crippen LogP contribution in [0.4, 0.5) is 0 Å². The molecule has 0 saturated carbocycles. The molecule has 0 aliphatic carbocycles. The summed E-state index contributed by atoms with van der Waals surface area (Å²) >= 11 is 5.92. The quantitative estimate of drug-likeness (QED) is 0.823. The van der Waals surface area contributed by atoms with Crippen molar-refractivity contribution in [2.45, 2.75) is 33.2 Å². The number of hydrogen-bond donors (Lipinski definition) is 1. The molecule has 116 valence electrons. The van der Waals surface area contributed by atoms with Crippen LogP contribution < -0.4 is 5.32 Å². The van der Waals surface area contributed by atoms with E-state index in [4.69, 9.17) is 11.6 Å². The summed E-state index contributed by atoms with van der Waals surface area (Å²) in [5.74, 6) is 0.534. The number of halogens is 1. The Morgan fingerprint density at radius 1 is 1.09 bits per heavy atom. The number of carbonyl (C=O) groups excluding carboxylic acids is 1. The van der Waals surface area contributed by atoms with E-state index >= 15 is 0 Å². The predicted molar refractivity (Wildman–Crippen MR) is 92.3 cm³/mol. The second-order valence-electron chi connectivity index (χ2n) is 6.05. The van der Waals surface area contributed by atoms with Gasteiger partial charge in [0.1, 0.15) is 0 Å². The molecular weight excluding hydrogens is 294 g/mol. The molecule has 0 unspecified atom stereocenters. The molecule has 0 bridgehead atoms. The Labute approximate surface area is 137 Å². The van der Waals surface area contributed by atoms with Crippen molar-refractivity contribution in [1.82, 2.24) is 5.32 Å². The van der Waals surface area contributed by atoms with Gasteiger partial charge in [0.2, 0.25) is 0 Å². The number of nitrogens with one attached hydrogen (secondary N) is 1. The third kappa shape index (κ3) is 4.60. The molecule has 0 aliphatic heterocycles. The first-order valence-corrected chi connectivity index (χ1v) is 7.99. The number of carbonyl (C=O) groups is 1. The summed E-state index contributed by atoms with van der Waals surface area (Å²) in [4.78, 5) is 12.2. The standard InChI is InChI=1S/C19H22ClNO/c1-13(2)11-15-7-9-16(10-8-15)14(3)21-19(22)17-5-4-6-18(20)12-17/h4-10,12-14H,11H2,1-3H3,(H,21,22)/t14-/m1/s1. The maximum atomic E-state index is 12.2. The largest absolute Gasteiger partial charge is 0.346 e. The maximum Gasteiger partial charge on any atom is 0.251 e. The molecule has 2 aromatic carbocycles. The Balaban J connectivity index is 2.02. The molecule has 2 nitrogen and oxygen atoms in total. The second-order valence-corrected chi connectivity index (χ2v) is 6.48. The van der Waals surface area contributed by atoms with E-state index < -0.39 is 0 Å². The van der Waals surface area contributed by atoms with Crippen LogP contribution >= 0.6 is 11.6 Å². The fourth-order valence-corrected chi connectivity index (χ4v) is 2.60. The van der Waals surface area contributed by atoms with Crippen LogP contribution in [0.25, 0.3) is 0 Å². The molecule has 0 saturated heterocycles. The van der Waals surface area contributed by atoms with Crippen LogP contribution in [0.1, 0.15) is 48.3 Å². The molecule has 1 atom stereocenters. The molecule has 2 aromatic rings. The maximum absolute atomic E-state index is 12.2. The van der Waals surface area contributed by atoms with Crippen LogP contribution in [0.5, 0.6) is 0 Å². The van der Waals surface area contributed by atoms with E-state index in [2.05, 4.69) is 43.4 Å². The van der Waals surface area contributed by atoms with Gasteiger partial charge in [-0.05, 0) is 48.6 Å². The minimum absolute atomic E-state index is 0.0421. The smallest absolute Gasteiger partial charge is 0.251 e. The SMILES string of the molecule is CC(C)Cc1ccc([C@@H](C)NC(=O)c2cccc(Cl)c2)cc1. The first-order chi connectivity index (χ1) is 10.5. The Hall–Kier alpha value is -1.80. The van der Waals surface area contributed by atoms with E-state index in [1.54, 1.807) is 24.3 Å². The fraction of sp³-hybridized carbons (Fsp3) is 0.316. The molecule has 0 heterocycles. The summed E-state index contributed by atoms with van der Waals surface area (Å²) in [7, 11) is 0. The van der Waals surface area contributed by atoms with Crippen molar-refractivity contribution in [3.05, 3.63) is 70.2 Å². The third-order valence-electron chi connectivity index (χ3n) is 3.56. The average Bonchev–Trinajstić information content (AvgIpc) is 2.47. The van der Waals surface area contributed by atoms with Crippen LogP contribution in [0, 0.1) is 5.92 Å². The summed E-state index contributed by atoms with van der Waals surface area (Å²) in [6.45, 7) is 6.41. The van der Waals surface area contributed by atoms with Crippen molar-refractivity contribution in [2.75, 3.05) is 0 Å². The predicted octanol–water partition coefficient (Wildman–Crippen LogP) is 5.03. The summed E-state index contributed by atoms with van der Waals surface area (Å²) in [5.41, 5.74) is 3.01. The molecule has 0 spiro atoms. The normalized spacial score (nSPS) is 12.2. The second kappa shape index (κ2) is 7.46. The van der Waals surface area contributed by atoms with Gasteiger partial charge in [0, 0.05) is 10.6 Å². The van der Waals surface area contributed by atoms with Gasteiger partial charge in [0.05, 0.1) is 6.04 Å². The molecular formula is C19H22ClNO. The van der Waals surface area contributed by atoms with Gasteiger partial charge in [-0.2, -0.15) is 0 Å². The van der Waals surface area contributed by atoms with E-state index in [0.717, 1.165) is 12.0 Å². The van der Waals surface area contributed by atoms with Crippen molar-refractivity contribution < 1.29 is 4.79 Å². The van der Waals surface area contributed by atoms with Crippen LogP contribution in [0.2, 0.25) is 5.02 Å². The monoisotopic (exact) mass is 315 g/mol. The van der Waals surface area contributed by atoms with Crippen LogP contribution in [-0.4, -0.2) is 5.91 Å². The van der Waals surface area contributed by atoms with Gasteiger partial charge in [0.15, 0.2) is 0 Å². The van der Waals surface area contributed by atoms with E-state index in [0.29, 0.717) is 16.5 Å². The van der Waals surface area contributed by atoms with Gasteiger partial charge >= 0.3 is 0 Å². The van der Waals surface area contributed by atoms with Crippen molar-refractivity contribution >= 4 is 17.5 Å². The van der Waals surface area contributed by atoms with Crippen LogP contribution in [-0.2, 0) is 6.42 Å². The lowest BCUT2D eigenvalue weighted by Gasteiger charge is -2.15. The molecule has 1 N–H and O–H groups in total. The molecule has 0 aliphatic rings. The number of amides is 1. The van der Waals surface area contributed by atoms with E-state index in [1.807, 2.05) is 6.92 Å². The van der Waals surface area contributed by atoms with Gasteiger partial charge in [-0.1, -0.05) is 55.8 Å². The molecule has 3 heteroatoms. The van der Waals surface area contributed by atoms with Crippen LogP contribution in [0.3, 0.4) is 0 Å². The average molecular weight is 316 g/mol. The Bertz CT molecular complexity index is 634. The van der Waals surface area contributed by atoms with Gasteiger partial charge in [-0.15, -0.1) is 0 Å². The van der Waals surface area contributed by atoms with Gasteiger partial charge in [0.25, 0.3) is 5.91 Å². The van der Waals surface area contributed by atoms with Gasteiger partial charge in [-0.3, -0.25) is 4.79 Å². The van der Waals surface area contributed by atoms with E-state index in [9.17, 15) is 4.79 Å². The zero-order valence-electron chi connectivity index (χ0n) is 13.3. The summed E-state index contributed by atoms with van der Waals surface area (Å²) in [6, 6.07) is 15.4. The summed E-state index contributed by atoms with van der Waals surface area (Å²) in [5, 5.41) is 3.57. The lowest BCUT2D eigenvalue weighted by Crippen LogP contribution is -2.26. The summed E-state index contributed by atoms with van der Waals surface area (Å²) in [6.07, 6.45) is 1.07. The minimum atomic E-state index is -0.110. The highest BCUT2D eigenvalue weighted by Crippen LogP contribution is 2.17. The first kappa shape index (κ1) is 16.6. The number of benzene rings is 2. The van der Waals surface area contributed by atoms with Crippen molar-refractivity contribution in [1.29, 1.82) is 0 Å². The number of hydrogen-bond acceptors (Lipinski definition) is 1. The molecule has 2 rings (SSSR count).